The fraction of sp³-hybridized carbons (Fsp3) is 0.286. The highest BCUT2D eigenvalue weighted by Gasteiger charge is 2.09. The van der Waals surface area contributed by atoms with Crippen molar-refractivity contribution in [2.24, 2.45) is 5.10 Å². The fourth-order valence-electron chi connectivity index (χ4n) is 2.45. The lowest BCUT2D eigenvalue weighted by Gasteiger charge is -2.08. The molecule has 0 spiro atoms. The van der Waals surface area contributed by atoms with Crippen LogP contribution in [0.15, 0.2) is 64.9 Å². The number of aryl methyl sites for hydroxylation is 1. The Morgan fingerprint density at radius 2 is 1.85 bits per heavy atom. The van der Waals surface area contributed by atoms with Crippen molar-refractivity contribution in [2.75, 3.05) is 6.61 Å². The molecule has 0 aliphatic rings. The van der Waals surface area contributed by atoms with Gasteiger partial charge in [-0.2, -0.15) is 9.78 Å². The fourth-order valence-corrected chi connectivity index (χ4v) is 3.34. The number of nitrogens with zero attached hydrogens (tertiary/aromatic N) is 4. The molecule has 0 radical (unpaired) electrons. The molecule has 1 aromatic heterocycles. The Morgan fingerprint density at radius 1 is 1.07 bits per heavy atom. The van der Waals surface area contributed by atoms with Gasteiger partial charge < -0.3 is 4.74 Å². The Labute approximate surface area is 164 Å². The highest BCUT2D eigenvalue weighted by molar-refractivity contribution is 7.98. The minimum absolute atomic E-state index is 0.713. The predicted molar refractivity (Wildman–Crippen MR) is 111 cm³/mol. The van der Waals surface area contributed by atoms with Gasteiger partial charge in [0, 0.05) is 11.3 Å². The molecule has 2 aromatic carbocycles. The number of thioether (sulfide) groups is 1. The number of para-hydroxylation sites is 1. The minimum Gasteiger partial charge on any atom is -0.493 e. The topological polar surface area (TPSA) is 52.3 Å². The highest BCUT2D eigenvalue weighted by Crippen LogP contribution is 2.22. The molecule has 3 rings (SSSR count). The van der Waals surface area contributed by atoms with Crippen molar-refractivity contribution in [1.29, 1.82) is 0 Å². The van der Waals surface area contributed by atoms with Crippen LogP contribution in [-0.4, -0.2) is 27.7 Å². The summed E-state index contributed by atoms with van der Waals surface area (Å²) in [6.07, 6.45) is 3.96. The molecule has 0 fully saturated rings. The summed E-state index contributed by atoms with van der Waals surface area (Å²) in [5, 5.41) is 13.8. The molecule has 3 aromatic rings. The van der Waals surface area contributed by atoms with Gasteiger partial charge in [-0.1, -0.05) is 67.6 Å². The van der Waals surface area contributed by atoms with E-state index in [1.54, 1.807) is 16.4 Å². The molecule has 6 heteroatoms. The van der Waals surface area contributed by atoms with Crippen molar-refractivity contribution in [1.82, 2.24) is 14.9 Å². The number of hydrogen-bond donors (Lipinski definition) is 0. The van der Waals surface area contributed by atoms with E-state index in [0.717, 1.165) is 40.9 Å². The maximum atomic E-state index is 5.88. The zero-order chi connectivity index (χ0) is 18.9. The Hall–Kier alpha value is -2.60. The van der Waals surface area contributed by atoms with Crippen LogP contribution in [0.25, 0.3) is 0 Å². The molecular formula is C21H24N4OS. The molecule has 0 atom stereocenters. The first-order chi connectivity index (χ1) is 13.3. The van der Waals surface area contributed by atoms with Gasteiger partial charge in [-0.15, -0.1) is 10.2 Å². The van der Waals surface area contributed by atoms with Crippen molar-refractivity contribution < 1.29 is 4.74 Å². The van der Waals surface area contributed by atoms with Gasteiger partial charge in [0.15, 0.2) is 5.82 Å². The second-order valence-electron chi connectivity index (χ2n) is 6.10. The van der Waals surface area contributed by atoms with Crippen molar-refractivity contribution >= 4 is 18.0 Å². The van der Waals surface area contributed by atoms with Gasteiger partial charge in [0.05, 0.1) is 12.8 Å². The van der Waals surface area contributed by atoms with Gasteiger partial charge in [-0.05, 0) is 31.0 Å². The summed E-state index contributed by atoms with van der Waals surface area (Å²) in [5.74, 6) is 2.43. The lowest BCUT2D eigenvalue weighted by atomic mass is 10.2. The molecule has 0 bridgehead atoms. The van der Waals surface area contributed by atoms with E-state index in [9.17, 15) is 0 Å². The lowest BCUT2D eigenvalue weighted by Crippen LogP contribution is -2.01. The van der Waals surface area contributed by atoms with E-state index in [1.807, 2.05) is 55.6 Å². The molecule has 140 valence electrons. The van der Waals surface area contributed by atoms with E-state index in [4.69, 9.17) is 4.74 Å². The SMILES string of the molecule is CCCCOc1ccccc1/C=N\n1c(C)nnc1SCc1ccccc1. The van der Waals surface area contributed by atoms with Crippen LogP contribution in [0, 0.1) is 6.92 Å². The van der Waals surface area contributed by atoms with Gasteiger partial charge in [0.1, 0.15) is 5.75 Å². The zero-order valence-corrected chi connectivity index (χ0v) is 16.5. The molecule has 0 amide bonds. The van der Waals surface area contributed by atoms with Crippen molar-refractivity contribution in [3.63, 3.8) is 0 Å². The molecule has 0 N–H and O–H groups in total. The van der Waals surface area contributed by atoms with Crippen LogP contribution in [0.3, 0.4) is 0 Å². The van der Waals surface area contributed by atoms with E-state index in [0.29, 0.717) is 6.61 Å². The predicted octanol–water partition coefficient (Wildman–Crippen LogP) is 4.94. The maximum absolute atomic E-state index is 5.88. The van der Waals surface area contributed by atoms with Gasteiger partial charge >= 0.3 is 0 Å². The largest absolute Gasteiger partial charge is 0.493 e. The van der Waals surface area contributed by atoms with Gasteiger partial charge in [0.2, 0.25) is 5.16 Å². The standard InChI is InChI=1S/C21H24N4OS/c1-3-4-14-26-20-13-9-8-12-19(20)15-22-25-17(2)23-24-21(25)27-16-18-10-6-5-7-11-18/h5-13,15H,3-4,14,16H2,1-2H3/b22-15-. The monoisotopic (exact) mass is 380 g/mol. The lowest BCUT2D eigenvalue weighted by molar-refractivity contribution is 0.309. The summed E-state index contributed by atoms with van der Waals surface area (Å²) in [6, 6.07) is 18.2. The second-order valence-corrected chi connectivity index (χ2v) is 7.04. The van der Waals surface area contributed by atoms with E-state index < -0.39 is 0 Å². The maximum Gasteiger partial charge on any atom is 0.212 e. The number of benzene rings is 2. The highest BCUT2D eigenvalue weighted by atomic mass is 32.2. The Balaban J connectivity index is 1.73. The van der Waals surface area contributed by atoms with Crippen LogP contribution in [0.4, 0.5) is 0 Å². The molecule has 0 unspecified atom stereocenters. The first-order valence-electron chi connectivity index (χ1n) is 9.13. The van der Waals surface area contributed by atoms with Crippen molar-refractivity contribution in [2.45, 2.75) is 37.6 Å². The van der Waals surface area contributed by atoms with E-state index in [2.05, 4.69) is 34.4 Å². The van der Waals surface area contributed by atoms with E-state index in [1.165, 1.54) is 5.56 Å². The van der Waals surface area contributed by atoms with Crippen LogP contribution >= 0.6 is 11.8 Å². The minimum atomic E-state index is 0.713. The molecule has 0 aliphatic carbocycles. The molecule has 0 saturated carbocycles. The Kier molecular flexibility index (Phi) is 7.04. The quantitative estimate of drug-likeness (QED) is 0.300. The van der Waals surface area contributed by atoms with Crippen LogP contribution < -0.4 is 4.74 Å². The molecule has 27 heavy (non-hydrogen) atoms. The number of aromatic nitrogens is 3. The van der Waals surface area contributed by atoms with Crippen molar-refractivity contribution in [3.8, 4) is 5.75 Å². The number of ether oxygens (including phenoxy) is 1. The van der Waals surface area contributed by atoms with Gasteiger partial charge in [0.25, 0.3) is 0 Å². The third kappa shape index (κ3) is 5.44. The summed E-state index contributed by atoms with van der Waals surface area (Å²) < 4.78 is 7.65. The van der Waals surface area contributed by atoms with Crippen LogP contribution in [0.2, 0.25) is 0 Å². The molecule has 0 aliphatic heterocycles. The van der Waals surface area contributed by atoms with Gasteiger partial charge in [-0.25, -0.2) is 0 Å². The third-order valence-electron chi connectivity index (χ3n) is 3.97. The summed E-state index contributed by atoms with van der Waals surface area (Å²) in [4.78, 5) is 0. The first-order valence-corrected chi connectivity index (χ1v) is 10.1. The molecule has 0 saturated heterocycles. The zero-order valence-electron chi connectivity index (χ0n) is 15.7. The summed E-state index contributed by atoms with van der Waals surface area (Å²) in [7, 11) is 0. The summed E-state index contributed by atoms with van der Waals surface area (Å²) in [5.41, 5.74) is 2.19. The van der Waals surface area contributed by atoms with Crippen molar-refractivity contribution in [3.05, 3.63) is 71.5 Å². The van der Waals surface area contributed by atoms with Crippen LogP contribution in [0.5, 0.6) is 5.75 Å². The van der Waals surface area contributed by atoms with E-state index in [-0.39, 0.29) is 0 Å². The normalized spacial score (nSPS) is 11.2. The molecule has 5 nitrogen and oxygen atoms in total. The first kappa shape index (κ1) is 19.2. The molecular weight excluding hydrogens is 356 g/mol. The van der Waals surface area contributed by atoms with Gasteiger partial charge in [-0.3, -0.25) is 0 Å². The Bertz CT molecular complexity index is 877. The van der Waals surface area contributed by atoms with E-state index >= 15 is 0 Å². The Morgan fingerprint density at radius 3 is 2.67 bits per heavy atom. The summed E-state index contributed by atoms with van der Waals surface area (Å²) >= 11 is 1.62. The third-order valence-corrected chi connectivity index (χ3v) is 4.96. The smallest absolute Gasteiger partial charge is 0.212 e. The number of rotatable bonds is 9. The van der Waals surface area contributed by atoms with Crippen LogP contribution in [0.1, 0.15) is 36.7 Å². The average molecular weight is 381 g/mol. The number of hydrogen-bond acceptors (Lipinski definition) is 5. The van der Waals surface area contributed by atoms with Crippen LogP contribution in [-0.2, 0) is 5.75 Å². The molecule has 1 heterocycles. The second kappa shape index (κ2) is 9.92. The number of unbranched alkanes of at least 4 members (excludes halogenated alkanes) is 1. The summed E-state index contributed by atoms with van der Waals surface area (Å²) in [6.45, 7) is 4.77. The average Bonchev–Trinajstić information content (AvgIpc) is 3.06.